The Hall–Kier alpha value is -3.26. The highest BCUT2D eigenvalue weighted by Crippen LogP contribution is 2.34. The average molecular weight is 370 g/mol. The number of aromatic nitrogens is 1. The molecular weight excluding hydrogens is 352 g/mol. The van der Waals surface area contributed by atoms with Crippen LogP contribution in [-0.2, 0) is 11.3 Å². The first-order valence-electron chi connectivity index (χ1n) is 8.54. The van der Waals surface area contributed by atoms with Gasteiger partial charge in [0.05, 0.1) is 11.6 Å². The number of hydrogen-bond acceptors (Lipinski definition) is 6. The van der Waals surface area contributed by atoms with Crippen LogP contribution in [0, 0.1) is 0 Å². The van der Waals surface area contributed by atoms with Gasteiger partial charge in [-0.05, 0) is 36.2 Å². The molecule has 4 rings (SSSR count). The Morgan fingerprint density at radius 1 is 1.19 bits per heavy atom. The molecule has 3 aromatic rings. The van der Waals surface area contributed by atoms with Crippen LogP contribution in [0.1, 0.15) is 18.1 Å². The van der Waals surface area contributed by atoms with Crippen molar-refractivity contribution in [1.82, 2.24) is 9.88 Å². The number of aliphatic hydroxyl groups excluding tert-OH is 1. The molecule has 0 fully saturated rings. The van der Waals surface area contributed by atoms with Crippen LogP contribution in [0.2, 0.25) is 0 Å². The molecule has 2 N–H and O–H groups in total. The van der Waals surface area contributed by atoms with E-state index in [4.69, 9.17) is 13.9 Å². The van der Waals surface area contributed by atoms with E-state index in [1.165, 1.54) is 4.57 Å². The molecule has 1 aromatic heterocycles. The van der Waals surface area contributed by atoms with Crippen LogP contribution in [0.4, 0.5) is 0 Å². The Labute approximate surface area is 153 Å². The Morgan fingerprint density at radius 2 is 2.00 bits per heavy atom. The van der Waals surface area contributed by atoms with Crippen LogP contribution in [0.25, 0.3) is 11.1 Å². The van der Waals surface area contributed by atoms with Crippen molar-refractivity contribution < 1.29 is 23.8 Å². The van der Waals surface area contributed by atoms with Gasteiger partial charge in [0.1, 0.15) is 6.54 Å². The number of fused-ring (bicyclic) bond motifs is 2. The zero-order chi connectivity index (χ0) is 18.8. The summed E-state index contributed by atoms with van der Waals surface area (Å²) in [6, 6.07) is 12.2. The highest BCUT2D eigenvalue weighted by molar-refractivity contribution is 5.79. The van der Waals surface area contributed by atoms with E-state index in [0.717, 1.165) is 0 Å². The average Bonchev–Trinajstić information content (AvgIpc) is 3.25. The highest BCUT2D eigenvalue weighted by Gasteiger charge is 2.17. The van der Waals surface area contributed by atoms with Crippen LogP contribution in [0.15, 0.2) is 51.7 Å². The van der Waals surface area contributed by atoms with Crippen molar-refractivity contribution in [2.75, 3.05) is 13.3 Å². The van der Waals surface area contributed by atoms with Crippen molar-refractivity contribution in [2.45, 2.75) is 19.1 Å². The van der Waals surface area contributed by atoms with E-state index in [1.54, 1.807) is 42.5 Å². The number of oxazole rings is 1. The molecule has 0 radical (unpaired) electrons. The zero-order valence-electron chi connectivity index (χ0n) is 14.4. The monoisotopic (exact) mass is 370 g/mol. The second kappa shape index (κ2) is 7.16. The Balaban J connectivity index is 1.33. The molecule has 8 heteroatoms. The number of nitrogens with zero attached hydrogens (tertiary/aromatic N) is 1. The lowest BCUT2D eigenvalue weighted by molar-refractivity contribution is -0.121. The fraction of sp³-hybridized carbons (Fsp3) is 0.263. The fourth-order valence-electron chi connectivity index (χ4n) is 3.00. The van der Waals surface area contributed by atoms with Crippen molar-refractivity contribution in [3.63, 3.8) is 0 Å². The first-order valence-corrected chi connectivity index (χ1v) is 8.54. The van der Waals surface area contributed by atoms with Gasteiger partial charge in [-0.1, -0.05) is 18.2 Å². The van der Waals surface area contributed by atoms with Gasteiger partial charge in [0, 0.05) is 6.54 Å². The number of hydrogen-bond donors (Lipinski definition) is 2. The van der Waals surface area contributed by atoms with Crippen LogP contribution >= 0.6 is 0 Å². The number of benzene rings is 2. The molecule has 27 heavy (non-hydrogen) atoms. The van der Waals surface area contributed by atoms with Gasteiger partial charge in [-0.25, -0.2) is 4.79 Å². The summed E-state index contributed by atoms with van der Waals surface area (Å²) in [5.74, 6) is 0.340. The number of carbonyl (C=O) groups excluding carboxylic acids is 1. The minimum Gasteiger partial charge on any atom is -0.454 e. The minimum absolute atomic E-state index is 0.143. The molecule has 1 amide bonds. The smallest absolute Gasteiger partial charge is 0.420 e. The fourth-order valence-corrected chi connectivity index (χ4v) is 3.00. The number of carbonyl (C=O) groups is 1. The normalized spacial score (nSPS) is 13.7. The van der Waals surface area contributed by atoms with Gasteiger partial charge in [0.2, 0.25) is 12.7 Å². The van der Waals surface area contributed by atoms with Gasteiger partial charge in [0.15, 0.2) is 17.1 Å². The van der Waals surface area contributed by atoms with Crippen molar-refractivity contribution in [1.29, 1.82) is 0 Å². The number of para-hydroxylation sites is 2. The van der Waals surface area contributed by atoms with E-state index in [9.17, 15) is 14.7 Å². The predicted molar refractivity (Wildman–Crippen MR) is 95.6 cm³/mol. The maximum atomic E-state index is 12.1. The van der Waals surface area contributed by atoms with Crippen molar-refractivity contribution >= 4 is 17.0 Å². The van der Waals surface area contributed by atoms with Gasteiger partial charge in [0.25, 0.3) is 0 Å². The molecule has 0 unspecified atom stereocenters. The first kappa shape index (κ1) is 17.2. The minimum atomic E-state index is -0.753. The van der Waals surface area contributed by atoms with Crippen molar-refractivity contribution in [3.8, 4) is 11.5 Å². The van der Waals surface area contributed by atoms with Crippen LogP contribution in [0.5, 0.6) is 11.5 Å². The van der Waals surface area contributed by atoms with E-state index in [2.05, 4.69) is 5.32 Å². The second-order valence-corrected chi connectivity index (χ2v) is 6.19. The first-order chi connectivity index (χ1) is 13.1. The molecule has 1 aliphatic rings. The lowest BCUT2D eigenvalue weighted by Gasteiger charge is -2.12. The Kier molecular flexibility index (Phi) is 4.55. The van der Waals surface area contributed by atoms with Gasteiger partial charge < -0.3 is 24.3 Å². The maximum Gasteiger partial charge on any atom is 0.420 e. The molecule has 0 spiro atoms. The number of rotatable bonds is 6. The molecule has 140 valence electrons. The zero-order valence-corrected chi connectivity index (χ0v) is 14.4. The summed E-state index contributed by atoms with van der Waals surface area (Å²) >= 11 is 0. The third-order valence-corrected chi connectivity index (χ3v) is 4.40. The van der Waals surface area contributed by atoms with Crippen LogP contribution in [-0.4, -0.2) is 28.9 Å². The summed E-state index contributed by atoms with van der Waals surface area (Å²) in [4.78, 5) is 24.0. The molecule has 0 saturated heterocycles. The quantitative estimate of drug-likeness (QED) is 0.683. The van der Waals surface area contributed by atoms with E-state index in [-0.39, 0.29) is 25.8 Å². The third-order valence-electron chi connectivity index (χ3n) is 4.40. The number of nitrogens with one attached hydrogen (secondary N) is 1. The lowest BCUT2D eigenvalue weighted by Crippen LogP contribution is -2.32. The Morgan fingerprint density at radius 3 is 2.89 bits per heavy atom. The second-order valence-electron chi connectivity index (χ2n) is 6.19. The summed E-state index contributed by atoms with van der Waals surface area (Å²) in [6.07, 6.45) is -0.427. The molecule has 1 aliphatic heterocycles. The van der Waals surface area contributed by atoms with E-state index < -0.39 is 11.9 Å². The SMILES string of the molecule is O=C(Cn1c(=O)oc2ccccc21)NCC[C@@H](O)c1ccc2c(c1)OCO2. The van der Waals surface area contributed by atoms with Crippen molar-refractivity contribution in [2.24, 2.45) is 0 Å². The number of aliphatic hydroxyl groups is 1. The Bertz CT molecular complexity index is 1040. The van der Waals surface area contributed by atoms with Gasteiger partial charge in [-0.2, -0.15) is 0 Å². The maximum absolute atomic E-state index is 12.1. The summed E-state index contributed by atoms with van der Waals surface area (Å²) < 4.78 is 16.9. The van der Waals surface area contributed by atoms with Crippen molar-refractivity contribution in [3.05, 3.63) is 58.6 Å². The summed E-state index contributed by atoms with van der Waals surface area (Å²) in [5.41, 5.74) is 1.69. The molecule has 2 heterocycles. The molecule has 0 aliphatic carbocycles. The predicted octanol–water partition coefficient (Wildman–Crippen LogP) is 1.56. The number of ether oxygens (including phenoxy) is 2. The van der Waals surface area contributed by atoms with Crippen LogP contribution in [0.3, 0.4) is 0 Å². The van der Waals surface area contributed by atoms with Gasteiger partial charge in [-0.15, -0.1) is 0 Å². The highest BCUT2D eigenvalue weighted by atomic mass is 16.7. The van der Waals surface area contributed by atoms with E-state index in [0.29, 0.717) is 34.6 Å². The topological polar surface area (TPSA) is 103 Å². The third kappa shape index (κ3) is 3.52. The molecular formula is C19H18N2O6. The van der Waals surface area contributed by atoms with E-state index in [1.807, 2.05) is 0 Å². The molecule has 1 atom stereocenters. The molecule has 2 aromatic carbocycles. The van der Waals surface area contributed by atoms with Gasteiger partial charge >= 0.3 is 5.76 Å². The standard InChI is InChI=1S/C19H18N2O6/c22-14(12-5-6-16-17(9-12)26-11-25-16)7-8-20-18(23)10-21-13-3-1-2-4-15(13)27-19(21)24/h1-6,9,14,22H,7-8,10-11H2,(H,20,23)/t14-/m1/s1. The summed E-state index contributed by atoms with van der Waals surface area (Å²) in [6.45, 7) is 0.294. The summed E-state index contributed by atoms with van der Waals surface area (Å²) in [5, 5.41) is 13.0. The number of amides is 1. The summed E-state index contributed by atoms with van der Waals surface area (Å²) in [7, 11) is 0. The molecule has 0 saturated carbocycles. The largest absolute Gasteiger partial charge is 0.454 e. The molecule has 8 nitrogen and oxygen atoms in total. The van der Waals surface area contributed by atoms with Crippen LogP contribution < -0.4 is 20.5 Å². The van der Waals surface area contributed by atoms with E-state index >= 15 is 0 Å². The van der Waals surface area contributed by atoms with Gasteiger partial charge in [-0.3, -0.25) is 9.36 Å². The lowest BCUT2D eigenvalue weighted by atomic mass is 10.1. The molecule has 0 bridgehead atoms.